The number of carbonyl (C=O) groups is 3. The van der Waals surface area contributed by atoms with Gasteiger partial charge in [0.15, 0.2) is 11.5 Å². The summed E-state index contributed by atoms with van der Waals surface area (Å²) in [5, 5.41) is 13.4. The first-order valence-corrected chi connectivity index (χ1v) is 7.12. The molecule has 2 aromatic carbocycles. The Morgan fingerprint density at radius 1 is 0.840 bits per heavy atom. The van der Waals surface area contributed by atoms with Crippen LogP contribution in [0.3, 0.4) is 0 Å². The normalized spacial score (nSPS) is 9.84. The third-order valence-electron chi connectivity index (χ3n) is 3.24. The maximum absolute atomic E-state index is 12.3. The topological polar surface area (TPSA) is 114 Å². The molecule has 0 spiro atoms. The number of carboxylic acid groups (broad SMARTS) is 1. The first-order chi connectivity index (χ1) is 11.9. The number of carboxylic acids is 1. The zero-order valence-corrected chi connectivity index (χ0v) is 13.5. The number of nitrogens with one attached hydrogen (secondary N) is 2. The molecule has 0 heterocycles. The van der Waals surface area contributed by atoms with Crippen LogP contribution in [-0.4, -0.2) is 37.1 Å². The molecule has 0 saturated carbocycles. The van der Waals surface area contributed by atoms with Crippen molar-refractivity contribution in [3.8, 4) is 11.5 Å². The molecule has 2 rings (SSSR count). The molecule has 0 aromatic heterocycles. The predicted molar refractivity (Wildman–Crippen MR) is 90.2 cm³/mol. The van der Waals surface area contributed by atoms with Gasteiger partial charge in [0.2, 0.25) is 0 Å². The van der Waals surface area contributed by atoms with E-state index in [0.717, 1.165) is 0 Å². The van der Waals surface area contributed by atoms with Crippen molar-refractivity contribution < 1.29 is 29.0 Å². The van der Waals surface area contributed by atoms with Crippen LogP contribution in [0.1, 0.15) is 10.4 Å². The Labute approximate surface area is 143 Å². The Kier molecular flexibility index (Phi) is 5.57. The van der Waals surface area contributed by atoms with E-state index < -0.39 is 11.9 Å². The lowest BCUT2D eigenvalue weighted by atomic mass is 10.1. The van der Waals surface area contributed by atoms with Crippen LogP contribution < -0.4 is 20.1 Å². The highest BCUT2D eigenvalue weighted by molar-refractivity contribution is 6.36. The number of anilines is 2. The number of hydrogen-bond donors (Lipinski definition) is 3. The molecule has 3 N–H and O–H groups in total. The zero-order chi connectivity index (χ0) is 18.4. The van der Waals surface area contributed by atoms with Crippen LogP contribution in [0.15, 0.2) is 42.5 Å². The van der Waals surface area contributed by atoms with E-state index in [-0.39, 0.29) is 5.91 Å². The van der Waals surface area contributed by atoms with Gasteiger partial charge in [0, 0.05) is 16.9 Å². The Balaban J connectivity index is 2.08. The Hall–Kier alpha value is -3.55. The fraction of sp³-hybridized carbons (Fsp3) is 0.118. The first kappa shape index (κ1) is 17.8. The number of carbonyl (C=O) groups excluding carboxylic acids is 2. The molecule has 25 heavy (non-hydrogen) atoms. The summed E-state index contributed by atoms with van der Waals surface area (Å²) in [6, 6.07) is 10.8. The van der Waals surface area contributed by atoms with E-state index in [0.29, 0.717) is 28.4 Å². The minimum absolute atomic E-state index is 0.302. The van der Waals surface area contributed by atoms with E-state index in [1.54, 1.807) is 18.2 Å². The van der Waals surface area contributed by atoms with Crippen LogP contribution in [0, 0.1) is 0 Å². The molecule has 0 aliphatic carbocycles. The number of amides is 2. The average molecular weight is 344 g/mol. The van der Waals surface area contributed by atoms with Crippen LogP contribution >= 0.6 is 0 Å². The molecule has 0 bridgehead atoms. The van der Waals surface area contributed by atoms with Gasteiger partial charge >= 0.3 is 11.9 Å². The quantitative estimate of drug-likeness (QED) is 0.715. The van der Waals surface area contributed by atoms with Gasteiger partial charge in [-0.15, -0.1) is 0 Å². The average Bonchev–Trinajstić information content (AvgIpc) is 2.62. The van der Waals surface area contributed by atoms with Gasteiger partial charge in [-0.3, -0.25) is 9.59 Å². The number of aliphatic carboxylic acids is 1. The first-order valence-electron chi connectivity index (χ1n) is 7.12. The molecule has 8 nitrogen and oxygen atoms in total. The fourth-order valence-corrected chi connectivity index (χ4v) is 2.00. The van der Waals surface area contributed by atoms with E-state index in [4.69, 9.17) is 14.6 Å². The van der Waals surface area contributed by atoms with Crippen LogP contribution in [0.5, 0.6) is 11.5 Å². The van der Waals surface area contributed by atoms with E-state index >= 15 is 0 Å². The number of hydrogen-bond acceptors (Lipinski definition) is 5. The monoisotopic (exact) mass is 344 g/mol. The second-order valence-corrected chi connectivity index (χ2v) is 4.86. The Morgan fingerprint density at radius 3 is 1.92 bits per heavy atom. The largest absolute Gasteiger partial charge is 0.493 e. The Bertz CT molecular complexity index is 801. The lowest BCUT2D eigenvalue weighted by Crippen LogP contribution is -2.21. The smallest absolute Gasteiger partial charge is 0.394 e. The summed E-state index contributed by atoms with van der Waals surface area (Å²) in [6.45, 7) is 0. The van der Waals surface area contributed by atoms with Crippen molar-refractivity contribution in [2.75, 3.05) is 24.9 Å². The molecule has 2 aromatic rings. The van der Waals surface area contributed by atoms with Gasteiger partial charge in [-0.25, -0.2) is 4.79 Å². The Morgan fingerprint density at radius 2 is 1.40 bits per heavy atom. The minimum atomic E-state index is -1.58. The molecule has 8 heteroatoms. The molecule has 0 radical (unpaired) electrons. The van der Waals surface area contributed by atoms with Gasteiger partial charge in [0.25, 0.3) is 5.91 Å². The van der Waals surface area contributed by atoms with Gasteiger partial charge in [0.05, 0.1) is 14.2 Å². The van der Waals surface area contributed by atoms with Gasteiger partial charge in [-0.1, -0.05) is 0 Å². The van der Waals surface area contributed by atoms with Crippen LogP contribution in [0.4, 0.5) is 11.4 Å². The predicted octanol–water partition coefficient (Wildman–Crippen LogP) is 1.98. The number of rotatable bonds is 5. The van der Waals surface area contributed by atoms with Gasteiger partial charge < -0.3 is 25.2 Å². The maximum Gasteiger partial charge on any atom is 0.394 e. The van der Waals surface area contributed by atoms with Crippen molar-refractivity contribution in [3.05, 3.63) is 48.0 Å². The molecule has 0 aliphatic heterocycles. The maximum atomic E-state index is 12.3. The third kappa shape index (κ3) is 4.47. The summed E-state index contributed by atoms with van der Waals surface area (Å²) < 4.78 is 10.3. The van der Waals surface area contributed by atoms with Crippen molar-refractivity contribution in [2.45, 2.75) is 0 Å². The standard InChI is InChI=1S/C17H16N2O6/c1-24-13-8-3-10(9-14(13)25-2)15(20)18-11-4-6-12(7-5-11)19-16(21)17(22)23/h3-9H,1-2H3,(H,18,20)(H,19,21)(H,22,23). The van der Waals surface area contributed by atoms with Gasteiger partial charge in [-0.05, 0) is 42.5 Å². The highest BCUT2D eigenvalue weighted by Gasteiger charge is 2.12. The zero-order valence-electron chi connectivity index (χ0n) is 13.5. The second-order valence-electron chi connectivity index (χ2n) is 4.86. The summed E-state index contributed by atoms with van der Waals surface area (Å²) >= 11 is 0. The summed E-state index contributed by atoms with van der Waals surface area (Å²) in [7, 11) is 2.98. The lowest BCUT2D eigenvalue weighted by Gasteiger charge is -2.10. The highest BCUT2D eigenvalue weighted by Crippen LogP contribution is 2.28. The highest BCUT2D eigenvalue weighted by atomic mass is 16.5. The van der Waals surface area contributed by atoms with E-state index in [1.165, 1.54) is 38.5 Å². The van der Waals surface area contributed by atoms with Crippen molar-refractivity contribution in [2.24, 2.45) is 0 Å². The molecule has 0 aliphatic rings. The SMILES string of the molecule is COc1ccc(C(=O)Nc2ccc(NC(=O)C(=O)O)cc2)cc1OC. The van der Waals surface area contributed by atoms with Crippen molar-refractivity contribution >= 4 is 29.2 Å². The van der Waals surface area contributed by atoms with Crippen LogP contribution in [-0.2, 0) is 9.59 Å². The second kappa shape index (κ2) is 7.82. The molecular weight excluding hydrogens is 328 g/mol. The summed E-state index contributed by atoms with van der Waals surface area (Å²) in [5.41, 5.74) is 1.16. The van der Waals surface area contributed by atoms with Gasteiger partial charge in [-0.2, -0.15) is 0 Å². The van der Waals surface area contributed by atoms with Crippen molar-refractivity contribution in [1.29, 1.82) is 0 Å². The molecular formula is C17H16N2O6. The molecule has 2 amide bonds. The molecule has 0 fully saturated rings. The molecule has 0 saturated heterocycles. The van der Waals surface area contributed by atoms with Crippen LogP contribution in [0.2, 0.25) is 0 Å². The summed E-state index contributed by atoms with van der Waals surface area (Å²) in [5.74, 6) is -2.13. The third-order valence-corrected chi connectivity index (χ3v) is 3.24. The molecule has 130 valence electrons. The minimum Gasteiger partial charge on any atom is -0.493 e. The summed E-state index contributed by atoms with van der Waals surface area (Å²) in [4.78, 5) is 33.8. The van der Waals surface area contributed by atoms with Gasteiger partial charge in [0.1, 0.15) is 0 Å². The van der Waals surface area contributed by atoms with E-state index in [1.807, 2.05) is 0 Å². The summed E-state index contributed by atoms with van der Waals surface area (Å²) in [6.07, 6.45) is 0. The van der Waals surface area contributed by atoms with Crippen LogP contribution in [0.25, 0.3) is 0 Å². The van der Waals surface area contributed by atoms with E-state index in [9.17, 15) is 14.4 Å². The number of benzene rings is 2. The van der Waals surface area contributed by atoms with Crippen molar-refractivity contribution in [3.63, 3.8) is 0 Å². The number of methoxy groups -OCH3 is 2. The fourth-order valence-electron chi connectivity index (χ4n) is 2.00. The van der Waals surface area contributed by atoms with Crippen molar-refractivity contribution in [1.82, 2.24) is 0 Å². The molecule has 0 atom stereocenters. The number of ether oxygens (including phenoxy) is 2. The lowest BCUT2D eigenvalue weighted by molar-refractivity contribution is -0.147. The molecule has 0 unspecified atom stereocenters. The van der Waals surface area contributed by atoms with E-state index in [2.05, 4.69) is 10.6 Å².